The van der Waals surface area contributed by atoms with Crippen LogP contribution in [-0.2, 0) is 13.1 Å². The van der Waals surface area contributed by atoms with Crippen LogP contribution in [0.1, 0.15) is 38.3 Å². The topological polar surface area (TPSA) is 39.0 Å². The molecule has 30 heavy (non-hydrogen) atoms. The lowest BCUT2D eigenvalue weighted by Gasteiger charge is -2.15. The van der Waals surface area contributed by atoms with Gasteiger partial charge in [0.05, 0.1) is 0 Å². The van der Waals surface area contributed by atoms with Gasteiger partial charge in [-0.25, -0.2) is 0 Å². The van der Waals surface area contributed by atoms with Crippen molar-refractivity contribution < 1.29 is 4.79 Å². The number of benzene rings is 2. The second-order valence-electron chi connectivity index (χ2n) is 7.73. The molecule has 4 aromatic rings. The number of aryl methyl sites for hydroxylation is 1. The average molecular weight is 398 g/mol. The van der Waals surface area contributed by atoms with E-state index in [2.05, 4.69) is 65.0 Å². The molecule has 0 spiro atoms. The Morgan fingerprint density at radius 1 is 0.900 bits per heavy atom. The van der Waals surface area contributed by atoms with E-state index in [1.54, 1.807) is 0 Å². The lowest BCUT2D eigenvalue weighted by atomic mass is 10.1. The van der Waals surface area contributed by atoms with Gasteiger partial charge in [-0.05, 0) is 56.2 Å². The Morgan fingerprint density at radius 2 is 1.63 bits per heavy atom. The monoisotopic (exact) mass is 397 g/mol. The Morgan fingerprint density at radius 3 is 2.33 bits per heavy atom. The first-order valence-electron chi connectivity index (χ1n) is 10.3. The average Bonchev–Trinajstić information content (AvgIpc) is 3.36. The third-order valence-electron chi connectivity index (χ3n) is 5.66. The molecule has 0 atom stereocenters. The minimum absolute atomic E-state index is 0.0509. The third kappa shape index (κ3) is 3.94. The molecule has 4 heteroatoms. The molecular weight excluding hydrogens is 370 g/mol. The van der Waals surface area contributed by atoms with Crippen LogP contribution in [0.2, 0.25) is 0 Å². The highest BCUT2D eigenvalue weighted by Gasteiger charge is 2.20. The van der Waals surface area contributed by atoms with Gasteiger partial charge >= 0.3 is 0 Å². The van der Waals surface area contributed by atoms with Gasteiger partial charge in [-0.2, -0.15) is 0 Å². The summed E-state index contributed by atoms with van der Waals surface area (Å²) in [6.07, 6.45) is 4.11. The zero-order valence-corrected chi connectivity index (χ0v) is 17.7. The fraction of sp³-hybridized carbons (Fsp3) is 0.192. The Labute approximate surface area is 177 Å². The maximum atomic E-state index is 12.7. The first kappa shape index (κ1) is 19.8. The Kier molecular flexibility index (Phi) is 5.57. The fourth-order valence-corrected chi connectivity index (χ4v) is 3.91. The number of amides is 1. The van der Waals surface area contributed by atoms with Crippen molar-refractivity contribution >= 4 is 5.91 Å². The minimum atomic E-state index is -0.0509. The largest absolute Gasteiger partial charge is 0.348 e. The van der Waals surface area contributed by atoms with Gasteiger partial charge in [-0.15, -0.1) is 0 Å². The first-order valence-corrected chi connectivity index (χ1v) is 10.3. The summed E-state index contributed by atoms with van der Waals surface area (Å²) in [5.74, 6) is 1.05. The summed E-state index contributed by atoms with van der Waals surface area (Å²) in [6, 6.07) is 22.2. The molecule has 1 N–H and O–H groups in total. The van der Waals surface area contributed by atoms with Gasteiger partial charge in [0, 0.05) is 42.3 Å². The van der Waals surface area contributed by atoms with Crippen LogP contribution < -0.4 is 5.32 Å². The van der Waals surface area contributed by atoms with Crippen molar-refractivity contribution in [2.75, 3.05) is 0 Å². The van der Waals surface area contributed by atoms with Crippen LogP contribution in [0.25, 0.3) is 5.82 Å². The lowest BCUT2D eigenvalue weighted by molar-refractivity contribution is 0.0951. The molecule has 2 aromatic heterocycles. The number of hydrogen-bond donors (Lipinski definition) is 1. The molecule has 0 aliphatic heterocycles. The predicted octanol–water partition coefficient (Wildman–Crippen LogP) is 5.18. The van der Waals surface area contributed by atoms with Crippen LogP contribution >= 0.6 is 0 Å². The van der Waals surface area contributed by atoms with E-state index < -0.39 is 0 Å². The number of rotatable bonds is 6. The van der Waals surface area contributed by atoms with Crippen molar-refractivity contribution in [3.63, 3.8) is 0 Å². The molecule has 2 heterocycles. The van der Waals surface area contributed by atoms with Gasteiger partial charge in [0.1, 0.15) is 5.82 Å². The molecule has 152 valence electrons. The maximum absolute atomic E-state index is 12.7. The maximum Gasteiger partial charge on any atom is 0.251 e. The van der Waals surface area contributed by atoms with Crippen molar-refractivity contribution in [2.24, 2.45) is 0 Å². The first-order chi connectivity index (χ1) is 14.5. The number of nitrogens with one attached hydrogen (secondary N) is 1. The smallest absolute Gasteiger partial charge is 0.251 e. The quantitative estimate of drug-likeness (QED) is 0.478. The summed E-state index contributed by atoms with van der Waals surface area (Å²) >= 11 is 0. The van der Waals surface area contributed by atoms with E-state index in [1.807, 2.05) is 49.4 Å². The van der Waals surface area contributed by atoms with Crippen molar-refractivity contribution in [3.8, 4) is 5.82 Å². The summed E-state index contributed by atoms with van der Waals surface area (Å²) in [6.45, 7) is 7.55. The molecule has 0 aliphatic carbocycles. The third-order valence-corrected chi connectivity index (χ3v) is 5.66. The van der Waals surface area contributed by atoms with Gasteiger partial charge in [0.25, 0.3) is 5.91 Å². The van der Waals surface area contributed by atoms with E-state index in [4.69, 9.17) is 0 Å². The zero-order valence-electron chi connectivity index (χ0n) is 17.7. The van der Waals surface area contributed by atoms with Crippen molar-refractivity contribution in [3.05, 3.63) is 113 Å². The molecule has 0 fully saturated rings. The Bertz CT molecular complexity index is 1150. The molecular formula is C26H27N3O. The van der Waals surface area contributed by atoms with Crippen molar-refractivity contribution in [1.82, 2.24) is 14.5 Å². The number of nitrogens with zero attached hydrogens (tertiary/aromatic N) is 2. The molecule has 0 aliphatic rings. The zero-order chi connectivity index (χ0) is 21.1. The summed E-state index contributed by atoms with van der Waals surface area (Å²) in [7, 11) is 0. The minimum Gasteiger partial charge on any atom is -0.348 e. The molecule has 0 saturated heterocycles. The summed E-state index contributed by atoms with van der Waals surface area (Å²) < 4.78 is 4.47. The van der Waals surface area contributed by atoms with Crippen molar-refractivity contribution in [2.45, 2.75) is 33.9 Å². The van der Waals surface area contributed by atoms with Gasteiger partial charge in [-0.3, -0.25) is 4.79 Å². The molecule has 0 unspecified atom stereocenters. The van der Waals surface area contributed by atoms with Crippen LogP contribution in [0.4, 0.5) is 0 Å². The highest BCUT2D eigenvalue weighted by atomic mass is 16.1. The number of hydrogen-bond acceptors (Lipinski definition) is 1. The number of aromatic nitrogens is 2. The lowest BCUT2D eigenvalue weighted by Crippen LogP contribution is -2.24. The molecule has 4 nitrogen and oxygen atoms in total. The van der Waals surface area contributed by atoms with Crippen LogP contribution in [0, 0.1) is 20.8 Å². The van der Waals surface area contributed by atoms with Crippen LogP contribution in [0.5, 0.6) is 0 Å². The number of carbonyl (C=O) groups is 1. The summed E-state index contributed by atoms with van der Waals surface area (Å²) in [4.78, 5) is 12.7. The van der Waals surface area contributed by atoms with Crippen LogP contribution in [0.3, 0.4) is 0 Å². The van der Waals surface area contributed by atoms with Gasteiger partial charge in [0.15, 0.2) is 0 Å². The van der Waals surface area contributed by atoms with E-state index in [1.165, 1.54) is 16.8 Å². The van der Waals surface area contributed by atoms with E-state index in [-0.39, 0.29) is 5.91 Å². The number of carbonyl (C=O) groups excluding carboxylic acids is 1. The summed E-state index contributed by atoms with van der Waals surface area (Å²) in [5.41, 5.74) is 6.58. The van der Waals surface area contributed by atoms with Gasteiger partial charge in [0.2, 0.25) is 0 Å². The summed E-state index contributed by atoms with van der Waals surface area (Å²) in [5, 5.41) is 3.12. The molecule has 0 radical (unpaired) electrons. The normalized spacial score (nSPS) is 10.9. The van der Waals surface area contributed by atoms with E-state index in [0.29, 0.717) is 12.1 Å². The molecule has 4 rings (SSSR count). The molecule has 2 aromatic carbocycles. The standard InChI is InChI=1S/C26H27N3O/c1-19-10-9-13-23(16-19)25(30)27-17-24-20(2)21(3)29(18-22-11-5-4-6-12-22)26(24)28-14-7-8-15-28/h4-16H,17-18H2,1-3H3,(H,27,30). The van der Waals surface area contributed by atoms with Gasteiger partial charge < -0.3 is 14.5 Å². The van der Waals surface area contributed by atoms with Gasteiger partial charge in [-0.1, -0.05) is 48.0 Å². The second-order valence-corrected chi connectivity index (χ2v) is 7.73. The molecule has 0 bridgehead atoms. The predicted molar refractivity (Wildman–Crippen MR) is 121 cm³/mol. The van der Waals surface area contributed by atoms with E-state index in [9.17, 15) is 4.79 Å². The Balaban J connectivity index is 1.69. The van der Waals surface area contributed by atoms with E-state index in [0.717, 1.165) is 23.5 Å². The van der Waals surface area contributed by atoms with E-state index >= 15 is 0 Å². The second kappa shape index (κ2) is 8.46. The Hall–Kier alpha value is -3.53. The molecule has 1 amide bonds. The fourth-order valence-electron chi connectivity index (χ4n) is 3.91. The highest BCUT2D eigenvalue weighted by molar-refractivity contribution is 5.94. The van der Waals surface area contributed by atoms with Crippen LogP contribution in [0.15, 0.2) is 79.1 Å². The SMILES string of the molecule is Cc1cccc(C(=O)NCc2c(C)c(C)n(Cc3ccccc3)c2-n2cccc2)c1. The molecule has 0 saturated carbocycles. The van der Waals surface area contributed by atoms with Crippen LogP contribution in [-0.4, -0.2) is 15.0 Å². The van der Waals surface area contributed by atoms with Crippen molar-refractivity contribution in [1.29, 1.82) is 0 Å². The highest BCUT2D eigenvalue weighted by Crippen LogP contribution is 2.27.